The molecule has 3 rings (SSSR count). The van der Waals surface area contributed by atoms with Gasteiger partial charge in [-0.1, -0.05) is 36.4 Å². The first kappa shape index (κ1) is 14.3. The molecule has 2 heteroatoms. The van der Waals surface area contributed by atoms with Gasteiger partial charge < -0.3 is 4.74 Å². The van der Waals surface area contributed by atoms with Gasteiger partial charge in [0, 0.05) is 11.1 Å². The molecule has 0 fully saturated rings. The quantitative estimate of drug-likeness (QED) is 0.654. The van der Waals surface area contributed by atoms with Crippen LogP contribution in [-0.2, 0) is 0 Å². The smallest absolute Gasteiger partial charge is 0.193 e. The Morgan fingerprint density at radius 1 is 0.909 bits per heavy atom. The van der Waals surface area contributed by atoms with E-state index in [1.54, 1.807) is 7.11 Å². The van der Waals surface area contributed by atoms with Gasteiger partial charge in [-0.15, -0.1) is 0 Å². The van der Waals surface area contributed by atoms with Crippen LogP contribution < -0.4 is 4.74 Å². The van der Waals surface area contributed by atoms with E-state index in [0.717, 1.165) is 33.2 Å². The summed E-state index contributed by atoms with van der Waals surface area (Å²) in [5, 5.41) is 2.11. The van der Waals surface area contributed by atoms with Crippen LogP contribution in [0.25, 0.3) is 10.8 Å². The molecule has 0 unspecified atom stereocenters. The van der Waals surface area contributed by atoms with Gasteiger partial charge in [0.15, 0.2) is 5.78 Å². The maximum absolute atomic E-state index is 12.8. The molecular weight excluding hydrogens is 272 g/mol. The Bertz CT molecular complexity index is 863. The number of ketones is 1. The molecular formula is C20H18O2. The molecule has 0 spiro atoms. The second-order valence-corrected chi connectivity index (χ2v) is 5.50. The number of rotatable bonds is 3. The average Bonchev–Trinajstić information content (AvgIpc) is 2.55. The van der Waals surface area contributed by atoms with Crippen molar-refractivity contribution in [1.29, 1.82) is 0 Å². The molecule has 0 saturated heterocycles. The first-order valence-corrected chi connectivity index (χ1v) is 7.29. The lowest BCUT2D eigenvalue weighted by Gasteiger charge is -2.09. The fourth-order valence-corrected chi connectivity index (χ4v) is 2.64. The monoisotopic (exact) mass is 290 g/mol. The summed E-state index contributed by atoms with van der Waals surface area (Å²) in [5.41, 5.74) is 3.66. The summed E-state index contributed by atoms with van der Waals surface area (Å²) in [6, 6.07) is 17.5. The minimum Gasteiger partial charge on any atom is -0.497 e. The second-order valence-electron chi connectivity index (χ2n) is 5.50. The lowest BCUT2D eigenvalue weighted by molar-refractivity contribution is 0.103. The van der Waals surface area contributed by atoms with Crippen LogP contribution in [0.5, 0.6) is 5.75 Å². The van der Waals surface area contributed by atoms with Crippen LogP contribution in [0.4, 0.5) is 0 Å². The fraction of sp³-hybridized carbons (Fsp3) is 0.150. The van der Waals surface area contributed by atoms with E-state index in [4.69, 9.17) is 4.74 Å². The first-order chi connectivity index (χ1) is 10.6. The van der Waals surface area contributed by atoms with Crippen molar-refractivity contribution in [1.82, 2.24) is 0 Å². The van der Waals surface area contributed by atoms with Crippen molar-refractivity contribution < 1.29 is 9.53 Å². The summed E-state index contributed by atoms with van der Waals surface area (Å²) < 4.78 is 5.23. The molecule has 0 amide bonds. The highest BCUT2D eigenvalue weighted by Crippen LogP contribution is 2.24. The number of ether oxygens (including phenoxy) is 1. The van der Waals surface area contributed by atoms with Crippen molar-refractivity contribution in [3.05, 3.63) is 76.9 Å². The van der Waals surface area contributed by atoms with Gasteiger partial charge in [0.25, 0.3) is 0 Å². The van der Waals surface area contributed by atoms with Gasteiger partial charge in [0.1, 0.15) is 5.75 Å². The van der Waals surface area contributed by atoms with Crippen molar-refractivity contribution in [2.45, 2.75) is 13.8 Å². The van der Waals surface area contributed by atoms with Crippen molar-refractivity contribution >= 4 is 16.6 Å². The van der Waals surface area contributed by atoms with Gasteiger partial charge in [0.05, 0.1) is 7.11 Å². The topological polar surface area (TPSA) is 26.3 Å². The summed E-state index contributed by atoms with van der Waals surface area (Å²) in [7, 11) is 1.65. The van der Waals surface area contributed by atoms with E-state index < -0.39 is 0 Å². The zero-order chi connectivity index (χ0) is 15.7. The van der Waals surface area contributed by atoms with Crippen molar-refractivity contribution in [2.24, 2.45) is 0 Å². The van der Waals surface area contributed by atoms with Crippen molar-refractivity contribution in [3.63, 3.8) is 0 Å². The average molecular weight is 290 g/mol. The van der Waals surface area contributed by atoms with Crippen LogP contribution in [0, 0.1) is 13.8 Å². The predicted octanol–water partition coefficient (Wildman–Crippen LogP) is 4.70. The number of carbonyl (C=O) groups is 1. The molecule has 2 nitrogen and oxygen atoms in total. The molecule has 0 atom stereocenters. The van der Waals surface area contributed by atoms with Gasteiger partial charge in [-0.25, -0.2) is 0 Å². The third-order valence-corrected chi connectivity index (χ3v) is 4.16. The zero-order valence-corrected chi connectivity index (χ0v) is 13.0. The predicted molar refractivity (Wildman–Crippen MR) is 89.8 cm³/mol. The largest absolute Gasteiger partial charge is 0.497 e. The molecule has 3 aromatic rings. The zero-order valence-electron chi connectivity index (χ0n) is 13.0. The molecule has 0 N–H and O–H groups in total. The Kier molecular flexibility index (Phi) is 3.68. The molecule has 110 valence electrons. The number of benzene rings is 3. The third kappa shape index (κ3) is 2.48. The Morgan fingerprint density at radius 3 is 2.41 bits per heavy atom. The van der Waals surface area contributed by atoms with E-state index in [1.165, 1.54) is 0 Å². The van der Waals surface area contributed by atoms with E-state index in [2.05, 4.69) is 0 Å². The number of methoxy groups -OCH3 is 1. The number of aryl methyl sites for hydroxylation is 1. The minimum absolute atomic E-state index is 0.0684. The summed E-state index contributed by atoms with van der Waals surface area (Å²) in [4.78, 5) is 12.8. The molecule has 3 aromatic carbocycles. The van der Waals surface area contributed by atoms with E-state index in [9.17, 15) is 4.79 Å². The second kappa shape index (κ2) is 5.64. The van der Waals surface area contributed by atoms with Gasteiger partial charge >= 0.3 is 0 Å². The molecule has 0 bridgehead atoms. The third-order valence-electron chi connectivity index (χ3n) is 4.16. The summed E-state index contributed by atoms with van der Waals surface area (Å²) in [6.07, 6.45) is 0. The Morgan fingerprint density at radius 2 is 1.64 bits per heavy atom. The van der Waals surface area contributed by atoms with Crippen LogP contribution in [-0.4, -0.2) is 12.9 Å². The molecule has 0 heterocycles. The van der Waals surface area contributed by atoms with Gasteiger partial charge in [-0.2, -0.15) is 0 Å². The van der Waals surface area contributed by atoms with Gasteiger partial charge in [-0.05, 0) is 53.9 Å². The molecule has 22 heavy (non-hydrogen) atoms. The van der Waals surface area contributed by atoms with Gasteiger partial charge in [-0.3, -0.25) is 4.79 Å². The number of hydrogen-bond donors (Lipinski definition) is 0. The van der Waals surface area contributed by atoms with Crippen molar-refractivity contribution in [3.8, 4) is 5.75 Å². The summed E-state index contributed by atoms with van der Waals surface area (Å²) in [6.45, 7) is 4.02. The van der Waals surface area contributed by atoms with Crippen LogP contribution >= 0.6 is 0 Å². The lowest BCUT2D eigenvalue weighted by Crippen LogP contribution is -2.04. The van der Waals surface area contributed by atoms with Crippen LogP contribution in [0.3, 0.4) is 0 Å². The standard InChI is InChI=1S/C20H18O2/c1-13-5-4-6-19(14(13)2)20(21)17-8-7-16-12-18(22-3)10-9-15(16)11-17/h4-12H,1-3H3. The van der Waals surface area contributed by atoms with E-state index in [-0.39, 0.29) is 5.78 Å². The molecule has 0 aliphatic rings. The van der Waals surface area contributed by atoms with Crippen molar-refractivity contribution in [2.75, 3.05) is 7.11 Å². The number of fused-ring (bicyclic) bond motifs is 1. The van der Waals surface area contributed by atoms with E-state index in [0.29, 0.717) is 5.56 Å². The molecule has 0 aliphatic carbocycles. The maximum Gasteiger partial charge on any atom is 0.193 e. The molecule has 0 aliphatic heterocycles. The van der Waals surface area contributed by atoms with Gasteiger partial charge in [0.2, 0.25) is 0 Å². The van der Waals surface area contributed by atoms with E-state index in [1.807, 2.05) is 68.4 Å². The molecule has 0 aromatic heterocycles. The normalized spacial score (nSPS) is 10.7. The Hall–Kier alpha value is -2.61. The number of carbonyl (C=O) groups excluding carboxylic acids is 1. The highest BCUT2D eigenvalue weighted by molar-refractivity contribution is 6.11. The highest BCUT2D eigenvalue weighted by atomic mass is 16.5. The van der Waals surface area contributed by atoms with Crippen LogP contribution in [0.1, 0.15) is 27.0 Å². The van der Waals surface area contributed by atoms with Crippen LogP contribution in [0.15, 0.2) is 54.6 Å². The Labute approximate surface area is 130 Å². The first-order valence-electron chi connectivity index (χ1n) is 7.29. The number of hydrogen-bond acceptors (Lipinski definition) is 2. The van der Waals surface area contributed by atoms with E-state index >= 15 is 0 Å². The summed E-state index contributed by atoms with van der Waals surface area (Å²) >= 11 is 0. The highest BCUT2D eigenvalue weighted by Gasteiger charge is 2.13. The minimum atomic E-state index is 0.0684. The SMILES string of the molecule is COc1ccc2cc(C(=O)c3cccc(C)c3C)ccc2c1. The summed E-state index contributed by atoms with van der Waals surface area (Å²) in [5.74, 6) is 0.889. The van der Waals surface area contributed by atoms with Crippen LogP contribution in [0.2, 0.25) is 0 Å². The fourth-order valence-electron chi connectivity index (χ4n) is 2.64. The Balaban J connectivity index is 2.06. The lowest BCUT2D eigenvalue weighted by atomic mass is 9.95. The molecule has 0 radical (unpaired) electrons. The maximum atomic E-state index is 12.8. The molecule has 0 saturated carbocycles.